The Morgan fingerprint density at radius 3 is 2.27 bits per heavy atom. The highest BCUT2D eigenvalue weighted by atomic mass is 19.4. The van der Waals surface area contributed by atoms with Gasteiger partial charge < -0.3 is 20.3 Å². The van der Waals surface area contributed by atoms with Crippen LogP contribution in [-0.2, 0) is 27.3 Å². The van der Waals surface area contributed by atoms with E-state index >= 15 is 0 Å². The average Bonchev–Trinajstić information content (AvgIpc) is 3.79. The van der Waals surface area contributed by atoms with Crippen molar-refractivity contribution in [1.29, 1.82) is 0 Å². The number of carbonyl (C=O) groups is 3. The third-order valence-corrected chi connectivity index (χ3v) is 7.24. The molecule has 2 unspecified atom stereocenters. The van der Waals surface area contributed by atoms with Crippen molar-refractivity contribution in [3.05, 3.63) is 101 Å². The highest BCUT2D eigenvalue weighted by molar-refractivity contribution is 5.98. The maximum absolute atomic E-state index is 13.9. The zero-order chi connectivity index (χ0) is 31.9. The molecule has 0 radical (unpaired) electrons. The first-order chi connectivity index (χ1) is 20.9. The molecule has 0 bridgehead atoms. The number of benzene rings is 3. The summed E-state index contributed by atoms with van der Waals surface area (Å²) in [5.41, 5.74) is 3.16. The van der Waals surface area contributed by atoms with Crippen LogP contribution < -0.4 is 5.32 Å². The predicted octanol–water partition coefficient (Wildman–Crippen LogP) is 6.50. The molecule has 9 nitrogen and oxygen atoms in total. The molecule has 1 aliphatic heterocycles. The Morgan fingerprint density at radius 1 is 1.00 bits per heavy atom. The van der Waals surface area contributed by atoms with Crippen molar-refractivity contribution in [2.75, 3.05) is 11.9 Å². The third kappa shape index (κ3) is 9.06. The van der Waals surface area contributed by atoms with E-state index in [1.165, 1.54) is 30.0 Å². The highest BCUT2D eigenvalue weighted by Crippen LogP contribution is 2.38. The Bertz CT molecular complexity index is 1490. The summed E-state index contributed by atoms with van der Waals surface area (Å²) in [6.45, 7) is 0.963. The van der Waals surface area contributed by atoms with E-state index in [1.807, 2.05) is 48.5 Å². The summed E-state index contributed by atoms with van der Waals surface area (Å²) < 4.78 is 47.0. The second-order valence-corrected chi connectivity index (χ2v) is 10.7. The van der Waals surface area contributed by atoms with Gasteiger partial charge in [-0.05, 0) is 66.1 Å². The highest BCUT2D eigenvalue weighted by Gasteiger charge is 2.45. The molecule has 1 aliphatic carbocycles. The number of alkyl halides is 3. The number of ether oxygens (including phenoxy) is 1. The molecule has 2 aliphatic rings. The molecule has 0 spiro atoms. The van der Waals surface area contributed by atoms with Gasteiger partial charge in [0.05, 0.1) is 18.4 Å². The van der Waals surface area contributed by atoms with E-state index in [4.69, 9.17) is 19.7 Å². The minimum absolute atomic E-state index is 0.109. The van der Waals surface area contributed by atoms with Crippen LogP contribution >= 0.6 is 0 Å². The van der Waals surface area contributed by atoms with Gasteiger partial charge in [-0.25, -0.2) is 9.80 Å². The molecule has 1 fully saturated rings. The number of amides is 2. The molecule has 1 heterocycles. The monoisotopic (exact) mass is 611 g/mol. The van der Waals surface area contributed by atoms with Crippen LogP contribution in [0.3, 0.4) is 0 Å². The van der Waals surface area contributed by atoms with E-state index in [0.717, 1.165) is 24.5 Å². The van der Waals surface area contributed by atoms with Gasteiger partial charge >= 0.3 is 12.3 Å². The Labute approximate surface area is 252 Å². The van der Waals surface area contributed by atoms with Crippen LogP contribution in [0.2, 0.25) is 0 Å². The average molecular weight is 612 g/mol. The van der Waals surface area contributed by atoms with Crippen LogP contribution in [0.5, 0.6) is 0 Å². The molecule has 5 rings (SSSR count). The van der Waals surface area contributed by atoms with Crippen molar-refractivity contribution >= 4 is 29.6 Å². The van der Waals surface area contributed by atoms with Crippen molar-refractivity contribution < 1.29 is 42.5 Å². The number of hydrogen-bond donors (Lipinski definition) is 3. The molecule has 12 heteroatoms. The van der Waals surface area contributed by atoms with Crippen molar-refractivity contribution in [3.63, 3.8) is 0 Å². The SMILES string of the molecule is CC(C(C(=O)Nc1cccc(CC2CC2)c1)c1ccc(CN2N=C(c3ccccc3)OCC2=O)cc1)C(F)(F)F.O=C(O)O. The Kier molecular flexibility index (Phi) is 10.2. The van der Waals surface area contributed by atoms with Gasteiger partial charge in [-0.2, -0.15) is 13.2 Å². The molecule has 0 aromatic heterocycles. The number of hydrazone groups is 1. The van der Waals surface area contributed by atoms with Gasteiger partial charge in [0, 0.05) is 11.3 Å². The number of carbonyl (C=O) groups excluding carboxylic acids is 2. The van der Waals surface area contributed by atoms with Crippen molar-refractivity contribution in [3.8, 4) is 0 Å². The van der Waals surface area contributed by atoms with Gasteiger partial charge in [-0.3, -0.25) is 9.59 Å². The molecule has 1 saturated carbocycles. The van der Waals surface area contributed by atoms with Crippen molar-refractivity contribution in [2.45, 2.75) is 44.8 Å². The summed E-state index contributed by atoms with van der Waals surface area (Å²) in [6, 6.07) is 22.7. The molecule has 232 valence electrons. The van der Waals surface area contributed by atoms with E-state index in [1.54, 1.807) is 18.2 Å². The fraction of sp³-hybridized carbons (Fsp3) is 0.312. The lowest BCUT2D eigenvalue weighted by Gasteiger charge is -2.26. The Hall–Kier alpha value is -4.87. The topological polar surface area (TPSA) is 129 Å². The number of nitrogens with one attached hydrogen (secondary N) is 1. The van der Waals surface area contributed by atoms with Gasteiger partial charge in [0.25, 0.3) is 5.91 Å². The van der Waals surface area contributed by atoms with Gasteiger partial charge in [0.15, 0.2) is 6.61 Å². The third-order valence-electron chi connectivity index (χ3n) is 7.24. The maximum Gasteiger partial charge on any atom is 0.503 e. The number of hydrogen-bond acceptors (Lipinski definition) is 5. The molecular weight excluding hydrogens is 579 g/mol. The lowest BCUT2D eigenvalue weighted by molar-refractivity contribution is -0.178. The van der Waals surface area contributed by atoms with E-state index in [-0.39, 0.29) is 24.6 Å². The number of nitrogens with zero attached hydrogens (tertiary/aromatic N) is 2. The summed E-state index contributed by atoms with van der Waals surface area (Å²) in [4.78, 5) is 34.2. The Balaban J connectivity index is 0.00000104. The maximum atomic E-state index is 13.9. The van der Waals surface area contributed by atoms with Gasteiger partial charge in [-0.1, -0.05) is 61.5 Å². The van der Waals surface area contributed by atoms with E-state index in [2.05, 4.69) is 10.4 Å². The quantitative estimate of drug-likeness (QED) is 0.253. The van der Waals surface area contributed by atoms with Gasteiger partial charge in [0.2, 0.25) is 11.8 Å². The Morgan fingerprint density at radius 2 is 1.66 bits per heavy atom. The molecule has 3 aromatic rings. The van der Waals surface area contributed by atoms with Crippen LogP contribution in [0.15, 0.2) is 84.0 Å². The molecule has 3 N–H and O–H groups in total. The number of halogens is 3. The number of carboxylic acid groups (broad SMARTS) is 2. The van der Waals surface area contributed by atoms with Crippen molar-refractivity contribution in [1.82, 2.24) is 5.01 Å². The summed E-state index contributed by atoms with van der Waals surface area (Å²) in [6.07, 6.45) is -3.15. The number of anilines is 1. The van der Waals surface area contributed by atoms with Gasteiger partial charge in [-0.15, -0.1) is 5.10 Å². The summed E-state index contributed by atoms with van der Waals surface area (Å²) in [5.74, 6) is -3.46. The normalized spacial score (nSPS) is 16.0. The van der Waals surface area contributed by atoms with Crippen LogP contribution in [0, 0.1) is 11.8 Å². The predicted molar refractivity (Wildman–Crippen MR) is 156 cm³/mol. The standard InChI is InChI=1S/C31H30F3N3O3.CH2O3/c1-20(31(32,33)34)28(29(39)35-26-9-5-6-23(17-26)16-21-10-11-21)24-14-12-22(13-15-24)18-37-27(38)19-40-30(36-37)25-7-3-2-4-8-25;2-1(3)4/h2-9,12-15,17,20-21,28H,10-11,16,18-19H2,1H3,(H,35,39);(H2,2,3,4). The van der Waals surface area contributed by atoms with Crippen LogP contribution in [0.1, 0.15) is 47.9 Å². The van der Waals surface area contributed by atoms with E-state index in [9.17, 15) is 22.8 Å². The fourth-order valence-electron chi connectivity index (χ4n) is 4.75. The summed E-state index contributed by atoms with van der Waals surface area (Å²) in [5, 5.41) is 22.2. The van der Waals surface area contributed by atoms with Gasteiger partial charge in [0.1, 0.15) is 0 Å². The molecule has 2 amide bonds. The van der Waals surface area contributed by atoms with Crippen LogP contribution in [-0.4, -0.2) is 51.9 Å². The molecule has 3 aromatic carbocycles. The fourth-order valence-corrected chi connectivity index (χ4v) is 4.75. The largest absolute Gasteiger partial charge is 0.503 e. The van der Waals surface area contributed by atoms with Crippen molar-refractivity contribution in [2.24, 2.45) is 16.9 Å². The van der Waals surface area contributed by atoms with Crippen LogP contribution in [0.25, 0.3) is 0 Å². The first-order valence-electron chi connectivity index (χ1n) is 13.9. The zero-order valence-corrected chi connectivity index (χ0v) is 23.8. The summed E-state index contributed by atoms with van der Waals surface area (Å²) >= 11 is 0. The molecule has 0 saturated heterocycles. The molecule has 44 heavy (non-hydrogen) atoms. The minimum atomic E-state index is -4.57. The smallest absolute Gasteiger partial charge is 0.466 e. The molecule has 2 atom stereocenters. The lowest BCUT2D eigenvalue weighted by atomic mass is 9.85. The second kappa shape index (κ2) is 14.1. The lowest BCUT2D eigenvalue weighted by Crippen LogP contribution is -2.36. The second-order valence-electron chi connectivity index (χ2n) is 10.7. The zero-order valence-electron chi connectivity index (χ0n) is 23.8. The van der Waals surface area contributed by atoms with E-state index in [0.29, 0.717) is 23.1 Å². The van der Waals surface area contributed by atoms with Crippen LogP contribution in [0.4, 0.5) is 23.7 Å². The molecular formula is C32H32F3N3O6. The first-order valence-corrected chi connectivity index (χ1v) is 13.9. The van der Waals surface area contributed by atoms with E-state index < -0.39 is 30.1 Å². The summed E-state index contributed by atoms with van der Waals surface area (Å²) in [7, 11) is 0. The minimum Gasteiger partial charge on any atom is -0.466 e. The first kappa shape index (κ1) is 32.1. The number of rotatable bonds is 9.